The monoisotopic (exact) mass is 242 g/mol. The molecule has 0 spiro atoms. The molecule has 0 radical (unpaired) electrons. The number of nitrogens with two attached hydrogens (primary N) is 1. The van der Waals surface area contributed by atoms with Gasteiger partial charge in [0.15, 0.2) is 0 Å². The number of likely N-dealkylation sites (N-methyl/N-ethyl adjacent to an activating group) is 1. The number of nitrogens with zero attached hydrogens (tertiary/aromatic N) is 1. The van der Waals surface area contributed by atoms with E-state index in [1.807, 2.05) is 38.2 Å². The van der Waals surface area contributed by atoms with Crippen LogP contribution in [0.3, 0.4) is 0 Å². The highest BCUT2D eigenvalue weighted by atomic mass is 35.5. The first-order valence-electron chi connectivity index (χ1n) is 5.38. The molecule has 1 aromatic rings. The van der Waals surface area contributed by atoms with E-state index in [-0.39, 0.29) is 18.7 Å². The third kappa shape index (κ3) is 3.19. The summed E-state index contributed by atoms with van der Waals surface area (Å²) in [6, 6.07) is 7.86. The number of aliphatic hydroxyl groups is 1. The largest absolute Gasteiger partial charge is 0.395 e. The first kappa shape index (κ1) is 13.5. The van der Waals surface area contributed by atoms with Crippen molar-refractivity contribution in [3.8, 4) is 0 Å². The second-order valence-electron chi connectivity index (χ2n) is 4.00. The summed E-state index contributed by atoms with van der Waals surface area (Å²) in [7, 11) is 1.97. The van der Waals surface area contributed by atoms with E-state index < -0.39 is 0 Å². The van der Waals surface area contributed by atoms with Gasteiger partial charge in [0.05, 0.1) is 6.61 Å². The third-order valence-electron chi connectivity index (χ3n) is 2.93. The Morgan fingerprint density at radius 2 is 1.94 bits per heavy atom. The van der Waals surface area contributed by atoms with Gasteiger partial charge >= 0.3 is 0 Å². The number of hydrogen-bond acceptors (Lipinski definition) is 3. The molecule has 3 nitrogen and oxygen atoms in total. The van der Waals surface area contributed by atoms with E-state index in [2.05, 4.69) is 4.90 Å². The minimum atomic E-state index is 0.0872. The molecule has 0 aliphatic carbocycles. The van der Waals surface area contributed by atoms with Gasteiger partial charge in [-0.3, -0.25) is 4.90 Å². The predicted molar refractivity (Wildman–Crippen MR) is 67.6 cm³/mol. The van der Waals surface area contributed by atoms with Crippen molar-refractivity contribution in [1.29, 1.82) is 0 Å². The van der Waals surface area contributed by atoms with Crippen molar-refractivity contribution in [2.45, 2.75) is 19.0 Å². The fraction of sp³-hybridized carbons (Fsp3) is 0.500. The van der Waals surface area contributed by atoms with Crippen molar-refractivity contribution >= 4 is 11.6 Å². The zero-order valence-corrected chi connectivity index (χ0v) is 10.5. The van der Waals surface area contributed by atoms with Crippen LogP contribution < -0.4 is 5.73 Å². The molecule has 16 heavy (non-hydrogen) atoms. The molecule has 0 aliphatic rings. The van der Waals surface area contributed by atoms with Gasteiger partial charge in [-0.25, -0.2) is 0 Å². The SMILES string of the molecule is CC(CO)N(C)C(CN)c1ccc(Cl)cc1. The van der Waals surface area contributed by atoms with Gasteiger partial charge in [0, 0.05) is 23.7 Å². The van der Waals surface area contributed by atoms with Crippen LogP contribution in [0, 0.1) is 0 Å². The van der Waals surface area contributed by atoms with Crippen LogP contribution in [0.5, 0.6) is 0 Å². The molecular weight excluding hydrogens is 224 g/mol. The predicted octanol–water partition coefficient (Wildman–Crippen LogP) is 1.65. The second-order valence-corrected chi connectivity index (χ2v) is 4.44. The van der Waals surface area contributed by atoms with Gasteiger partial charge in [0.2, 0.25) is 0 Å². The smallest absolute Gasteiger partial charge is 0.0584 e. The zero-order valence-electron chi connectivity index (χ0n) is 9.73. The van der Waals surface area contributed by atoms with Gasteiger partial charge in [0.25, 0.3) is 0 Å². The van der Waals surface area contributed by atoms with Crippen molar-refractivity contribution in [3.05, 3.63) is 34.9 Å². The summed E-state index contributed by atoms with van der Waals surface area (Å²) in [5.74, 6) is 0. The average Bonchev–Trinajstić information content (AvgIpc) is 2.31. The van der Waals surface area contributed by atoms with E-state index in [1.165, 1.54) is 0 Å². The highest BCUT2D eigenvalue weighted by Crippen LogP contribution is 2.21. The molecule has 0 bridgehead atoms. The molecule has 0 saturated heterocycles. The molecule has 4 heteroatoms. The van der Waals surface area contributed by atoms with Gasteiger partial charge in [-0.2, -0.15) is 0 Å². The molecule has 2 unspecified atom stereocenters. The van der Waals surface area contributed by atoms with Crippen LogP contribution >= 0.6 is 11.6 Å². The Kier molecular flexibility index (Phi) is 5.22. The van der Waals surface area contributed by atoms with Gasteiger partial charge in [-0.05, 0) is 31.7 Å². The Bertz CT molecular complexity index is 315. The lowest BCUT2D eigenvalue weighted by atomic mass is 10.0. The van der Waals surface area contributed by atoms with Crippen molar-refractivity contribution < 1.29 is 5.11 Å². The summed E-state index contributed by atoms with van der Waals surface area (Å²) in [5, 5.41) is 9.86. The molecule has 1 aromatic carbocycles. The summed E-state index contributed by atoms with van der Waals surface area (Å²) in [6.45, 7) is 2.61. The molecule has 0 fully saturated rings. The molecule has 90 valence electrons. The van der Waals surface area contributed by atoms with Crippen molar-refractivity contribution in [1.82, 2.24) is 4.90 Å². The number of aliphatic hydroxyl groups excluding tert-OH is 1. The maximum atomic E-state index is 9.14. The van der Waals surface area contributed by atoms with Gasteiger partial charge in [0.1, 0.15) is 0 Å². The highest BCUT2D eigenvalue weighted by molar-refractivity contribution is 6.30. The molecule has 1 rings (SSSR count). The Morgan fingerprint density at radius 1 is 1.38 bits per heavy atom. The van der Waals surface area contributed by atoms with E-state index in [1.54, 1.807) is 0 Å². The van der Waals surface area contributed by atoms with Gasteiger partial charge < -0.3 is 10.8 Å². The Morgan fingerprint density at radius 3 is 2.38 bits per heavy atom. The topological polar surface area (TPSA) is 49.5 Å². The Labute approximate surface area is 102 Å². The number of benzene rings is 1. The van der Waals surface area contributed by atoms with Gasteiger partial charge in [-0.15, -0.1) is 0 Å². The minimum absolute atomic E-state index is 0.0872. The highest BCUT2D eigenvalue weighted by Gasteiger charge is 2.19. The summed E-state index contributed by atoms with van der Waals surface area (Å²) in [6.07, 6.45) is 0. The molecule has 2 atom stereocenters. The normalized spacial score (nSPS) is 15.1. The molecular formula is C12H19ClN2O. The molecule has 0 saturated carbocycles. The fourth-order valence-corrected chi connectivity index (χ4v) is 1.78. The van der Waals surface area contributed by atoms with Crippen molar-refractivity contribution in [2.75, 3.05) is 20.2 Å². The lowest BCUT2D eigenvalue weighted by Crippen LogP contribution is -2.38. The van der Waals surface area contributed by atoms with E-state index in [9.17, 15) is 0 Å². The van der Waals surface area contributed by atoms with Crippen LogP contribution in [-0.2, 0) is 0 Å². The molecule has 0 aliphatic heterocycles. The van der Waals surface area contributed by atoms with Gasteiger partial charge in [-0.1, -0.05) is 23.7 Å². The minimum Gasteiger partial charge on any atom is -0.395 e. The van der Waals surface area contributed by atoms with Crippen LogP contribution in [-0.4, -0.2) is 36.2 Å². The lowest BCUT2D eigenvalue weighted by Gasteiger charge is -2.31. The molecule has 0 amide bonds. The number of hydrogen-bond donors (Lipinski definition) is 2. The molecule has 3 N–H and O–H groups in total. The van der Waals surface area contributed by atoms with Crippen molar-refractivity contribution in [3.63, 3.8) is 0 Å². The van der Waals surface area contributed by atoms with Crippen LogP contribution in [0.15, 0.2) is 24.3 Å². The standard InChI is InChI=1S/C12H19ClN2O/c1-9(8-16)15(2)12(7-14)10-3-5-11(13)6-4-10/h3-6,9,12,16H,7-8,14H2,1-2H3. The summed E-state index contributed by atoms with van der Waals surface area (Å²) < 4.78 is 0. The second kappa shape index (κ2) is 6.21. The van der Waals surface area contributed by atoms with Crippen molar-refractivity contribution in [2.24, 2.45) is 5.73 Å². The maximum Gasteiger partial charge on any atom is 0.0584 e. The molecule has 0 heterocycles. The average molecular weight is 243 g/mol. The number of halogens is 1. The summed E-state index contributed by atoms with van der Waals surface area (Å²) in [5.41, 5.74) is 6.90. The van der Waals surface area contributed by atoms with Crippen LogP contribution in [0.25, 0.3) is 0 Å². The van der Waals surface area contributed by atoms with E-state index in [0.29, 0.717) is 6.54 Å². The Hall–Kier alpha value is -0.610. The first-order chi connectivity index (χ1) is 7.60. The van der Waals surface area contributed by atoms with E-state index in [0.717, 1.165) is 10.6 Å². The maximum absolute atomic E-state index is 9.14. The Balaban J connectivity index is 2.85. The van der Waals surface area contributed by atoms with Crippen LogP contribution in [0.2, 0.25) is 5.02 Å². The molecule has 0 aromatic heterocycles. The summed E-state index contributed by atoms with van der Waals surface area (Å²) in [4.78, 5) is 2.07. The first-order valence-corrected chi connectivity index (χ1v) is 5.76. The van der Waals surface area contributed by atoms with E-state index >= 15 is 0 Å². The van der Waals surface area contributed by atoms with Crippen LogP contribution in [0.1, 0.15) is 18.5 Å². The third-order valence-corrected chi connectivity index (χ3v) is 3.18. The zero-order chi connectivity index (χ0) is 12.1. The fourth-order valence-electron chi connectivity index (χ4n) is 1.66. The van der Waals surface area contributed by atoms with E-state index in [4.69, 9.17) is 22.4 Å². The lowest BCUT2D eigenvalue weighted by molar-refractivity contribution is 0.122. The quantitative estimate of drug-likeness (QED) is 0.826. The van der Waals surface area contributed by atoms with Crippen LogP contribution in [0.4, 0.5) is 0 Å². The number of rotatable bonds is 5. The summed E-state index contributed by atoms with van der Waals surface area (Å²) >= 11 is 5.84.